The summed E-state index contributed by atoms with van der Waals surface area (Å²) in [5.74, 6) is 0. The molecule has 0 bridgehead atoms. The van der Waals surface area contributed by atoms with Gasteiger partial charge in [0.25, 0.3) is 0 Å². The van der Waals surface area contributed by atoms with E-state index in [1.54, 1.807) is 0 Å². The Balaban J connectivity index is 4.67. The topological polar surface area (TPSA) is 36.9 Å². The van der Waals surface area contributed by atoms with E-state index in [0.717, 1.165) is 0 Å². The molecule has 70 valence electrons. The molecule has 0 N–H and O–H groups in total. The zero-order valence-corrected chi connectivity index (χ0v) is 8.84. The molecule has 0 rings (SSSR count). The van der Waals surface area contributed by atoms with E-state index < -0.39 is 8.33 Å². The van der Waals surface area contributed by atoms with Crippen molar-refractivity contribution in [1.29, 1.82) is 0 Å². The van der Waals surface area contributed by atoms with Crippen molar-refractivity contribution in [2.24, 2.45) is 0 Å². The normalized spacial score (nSPS) is 15.9. The molecule has 0 aromatic rings. The van der Waals surface area contributed by atoms with Crippen LogP contribution in [0.3, 0.4) is 0 Å². The quantitative estimate of drug-likeness (QED) is 0.592. The molecule has 0 aliphatic heterocycles. The van der Waals surface area contributed by atoms with E-state index in [2.05, 4.69) is 0 Å². The van der Waals surface area contributed by atoms with Crippen LogP contribution in [0.4, 0.5) is 0 Å². The molecule has 0 spiro atoms. The third kappa shape index (κ3) is 1.62. The molecule has 0 amide bonds. The third-order valence-electron chi connectivity index (χ3n) is 2.15. The van der Waals surface area contributed by atoms with Crippen LogP contribution in [0.15, 0.2) is 0 Å². The Morgan fingerprint density at radius 2 is 1.09 bits per heavy atom. The molecule has 0 fully saturated rings. The van der Waals surface area contributed by atoms with Crippen LogP contribution < -0.4 is 0 Å². The number of hydrogen-bond acceptors (Lipinski definition) is 4. The van der Waals surface area contributed by atoms with Crippen LogP contribution in [0.5, 0.6) is 0 Å². The van der Waals surface area contributed by atoms with Gasteiger partial charge in [0.2, 0.25) is 0 Å². The van der Waals surface area contributed by atoms with Gasteiger partial charge in [-0.05, 0) is 0 Å². The molecule has 0 aromatic heterocycles. The van der Waals surface area contributed by atoms with Crippen molar-refractivity contribution in [1.82, 2.24) is 0 Å². The van der Waals surface area contributed by atoms with E-state index in [1.165, 1.54) is 28.4 Å². The van der Waals surface area contributed by atoms with E-state index in [-0.39, 0.29) is 0 Å². The van der Waals surface area contributed by atoms with Gasteiger partial charge in [-0.3, -0.25) is 0 Å². The Morgan fingerprint density at radius 1 is 0.818 bits per heavy atom. The summed E-state index contributed by atoms with van der Waals surface area (Å²) in [6.07, 6.45) is 0. The zero-order valence-electron chi connectivity index (χ0n) is 7.84. The summed E-state index contributed by atoms with van der Waals surface area (Å²) in [5, 5.41) is 0. The van der Waals surface area contributed by atoms with Gasteiger partial charge in [-0.15, -0.1) is 0 Å². The van der Waals surface area contributed by atoms with Gasteiger partial charge in [0.05, 0.1) is 0 Å². The fraction of sp³-hybridized carbons (Fsp3) is 1.00. The first-order valence-electron chi connectivity index (χ1n) is 3.51. The summed E-state index contributed by atoms with van der Waals surface area (Å²) in [7, 11) is 2.71. The number of rotatable bonds is 5. The van der Waals surface area contributed by atoms with Crippen LogP contribution >= 0.6 is 0 Å². The predicted octanol–water partition coefficient (Wildman–Crippen LogP) is 0.982. The van der Waals surface area contributed by atoms with Crippen molar-refractivity contribution in [3.63, 3.8) is 0 Å². The van der Waals surface area contributed by atoms with Crippen LogP contribution in [0.1, 0.15) is 6.92 Å². The molecule has 0 atom stereocenters. The molecule has 11 heavy (non-hydrogen) atoms. The van der Waals surface area contributed by atoms with Crippen LogP contribution in [0.2, 0.25) is 6.04 Å². The first-order chi connectivity index (χ1) is 5.12. The Labute approximate surface area is 68.3 Å². The first kappa shape index (κ1) is 11.1. The molecule has 0 heterocycles. The second-order valence-corrected chi connectivity index (χ2v) is 6.74. The molecule has 0 radical (unpaired) electrons. The second-order valence-electron chi connectivity index (χ2n) is 2.25. The molecular formula is C6H17O4Si-. The van der Waals surface area contributed by atoms with E-state index in [0.29, 0.717) is 6.04 Å². The van der Waals surface area contributed by atoms with Gasteiger partial charge in [-0.25, -0.2) is 0 Å². The first-order valence-corrected chi connectivity index (χ1v) is 5.85. The maximum absolute atomic E-state index is 5.21. The maximum atomic E-state index is 5.21. The third-order valence-corrected chi connectivity index (χ3v) is 6.46. The fourth-order valence-electron chi connectivity index (χ4n) is 1.08. The second kappa shape index (κ2) is 3.64. The van der Waals surface area contributed by atoms with E-state index in [4.69, 9.17) is 17.7 Å². The van der Waals surface area contributed by atoms with Crippen molar-refractivity contribution in [3.05, 3.63) is 0 Å². The Bertz CT molecular complexity index is 86.9. The van der Waals surface area contributed by atoms with Crippen molar-refractivity contribution < 1.29 is 17.7 Å². The standard InChI is InChI=1S/C6H17O4Si/c1-6-11(7-2,8-3,9-4)10-5/h6H2,1-5H3/q-1. The van der Waals surface area contributed by atoms with Crippen molar-refractivity contribution in [2.45, 2.75) is 13.0 Å². The van der Waals surface area contributed by atoms with Gasteiger partial charge in [0, 0.05) is 0 Å². The molecule has 0 aliphatic rings. The molecule has 5 heteroatoms. The average Bonchev–Trinajstić information content (AvgIpc) is 2.12. The number of hydrogen-bond donors (Lipinski definition) is 0. The van der Waals surface area contributed by atoms with Crippen LogP contribution in [0.25, 0.3) is 0 Å². The van der Waals surface area contributed by atoms with Gasteiger partial charge in [0.1, 0.15) is 0 Å². The molecule has 0 saturated carbocycles. The van der Waals surface area contributed by atoms with Gasteiger partial charge in [-0.2, -0.15) is 0 Å². The Kier molecular flexibility index (Phi) is 3.66. The van der Waals surface area contributed by atoms with Crippen molar-refractivity contribution in [2.75, 3.05) is 28.4 Å². The minimum atomic E-state index is -3.43. The molecule has 0 aromatic carbocycles. The Morgan fingerprint density at radius 3 is 1.09 bits per heavy atom. The van der Waals surface area contributed by atoms with Gasteiger partial charge in [0.15, 0.2) is 0 Å². The fourth-order valence-corrected chi connectivity index (χ4v) is 3.23. The van der Waals surface area contributed by atoms with E-state index in [9.17, 15) is 0 Å². The summed E-state index contributed by atoms with van der Waals surface area (Å²) in [6.45, 7) is 1.91. The summed E-state index contributed by atoms with van der Waals surface area (Å²) < 4.78 is 20.8. The van der Waals surface area contributed by atoms with Crippen molar-refractivity contribution in [3.8, 4) is 0 Å². The molecule has 0 saturated heterocycles. The molecule has 0 aliphatic carbocycles. The summed E-state index contributed by atoms with van der Waals surface area (Å²) in [4.78, 5) is 0. The van der Waals surface area contributed by atoms with Crippen LogP contribution in [-0.4, -0.2) is 36.8 Å². The monoisotopic (exact) mass is 181 g/mol. The molecular weight excluding hydrogens is 164 g/mol. The van der Waals surface area contributed by atoms with Gasteiger partial charge >= 0.3 is 67.4 Å². The summed E-state index contributed by atoms with van der Waals surface area (Å²) >= 11 is 0. The van der Waals surface area contributed by atoms with Gasteiger partial charge in [-0.1, -0.05) is 0 Å². The molecule has 0 unspecified atom stereocenters. The van der Waals surface area contributed by atoms with Crippen LogP contribution in [-0.2, 0) is 17.7 Å². The van der Waals surface area contributed by atoms with Crippen molar-refractivity contribution >= 4 is 8.33 Å². The zero-order chi connectivity index (χ0) is 8.98. The summed E-state index contributed by atoms with van der Waals surface area (Å²) in [6, 6.07) is 0.597. The predicted molar refractivity (Wildman–Crippen MR) is 44.3 cm³/mol. The minimum absolute atomic E-state index is 0.597. The average molecular weight is 181 g/mol. The molecule has 4 nitrogen and oxygen atoms in total. The van der Waals surface area contributed by atoms with Crippen LogP contribution in [0, 0.1) is 0 Å². The SMILES string of the molecule is CC[Si-](OC)(OC)(OC)OC. The summed E-state index contributed by atoms with van der Waals surface area (Å²) in [5.41, 5.74) is 0. The van der Waals surface area contributed by atoms with E-state index in [1.807, 2.05) is 6.92 Å². The van der Waals surface area contributed by atoms with Gasteiger partial charge < -0.3 is 0 Å². The Hall–Kier alpha value is 0.0569. The van der Waals surface area contributed by atoms with E-state index >= 15 is 0 Å².